The van der Waals surface area contributed by atoms with Crippen molar-refractivity contribution in [3.63, 3.8) is 0 Å². The number of aryl methyl sites for hydroxylation is 5. The molecule has 3 aromatic carbocycles. The molecule has 8 heterocycles. The van der Waals surface area contributed by atoms with Gasteiger partial charge in [0.25, 0.3) is 0 Å². The van der Waals surface area contributed by atoms with Crippen LogP contribution in [0, 0.1) is 47.0 Å². The van der Waals surface area contributed by atoms with E-state index in [0.29, 0.717) is 44.1 Å². The lowest BCUT2D eigenvalue weighted by molar-refractivity contribution is -0.144. The molecule has 0 radical (unpaired) electrons. The normalized spacial score (nSPS) is 15.9. The average molecular weight is 1860 g/mol. The number of hydrogen-bond donors (Lipinski definition) is 4. The molecule has 0 bridgehead atoms. The van der Waals surface area contributed by atoms with Crippen molar-refractivity contribution in [2.24, 2.45) is 15.4 Å². The summed E-state index contributed by atoms with van der Waals surface area (Å²) in [5.74, 6) is 0.124. The minimum Gasteiger partial charge on any atom is -0.433 e. The number of thiazole rings is 1. The van der Waals surface area contributed by atoms with Crippen LogP contribution in [-0.4, -0.2) is 254 Å². The van der Waals surface area contributed by atoms with Crippen LogP contribution in [0.5, 0.6) is 0 Å². The van der Waals surface area contributed by atoms with Gasteiger partial charge in [0.2, 0.25) is 35.4 Å². The highest BCUT2D eigenvalue weighted by Gasteiger charge is 2.47. The molecule has 0 unspecified atom stereocenters. The van der Waals surface area contributed by atoms with Crippen LogP contribution in [0.1, 0.15) is 158 Å². The van der Waals surface area contributed by atoms with E-state index in [1.165, 1.54) is 16.2 Å². The van der Waals surface area contributed by atoms with Gasteiger partial charge >= 0.3 is 6.16 Å². The van der Waals surface area contributed by atoms with Gasteiger partial charge in [0.1, 0.15) is 58.5 Å². The lowest BCUT2D eigenvalue weighted by Crippen LogP contribution is -2.57. The van der Waals surface area contributed by atoms with Gasteiger partial charge in [0.05, 0.1) is 131 Å². The zero-order valence-electron chi connectivity index (χ0n) is 72.3. The van der Waals surface area contributed by atoms with Crippen molar-refractivity contribution in [1.29, 1.82) is 0 Å². The van der Waals surface area contributed by atoms with Crippen LogP contribution in [0.25, 0.3) is 20.4 Å². The van der Waals surface area contributed by atoms with Gasteiger partial charge in [-0.15, -0.1) is 54.4 Å². The first-order chi connectivity index (χ1) is 59.7. The van der Waals surface area contributed by atoms with Crippen LogP contribution in [0.4, 0.5) is 4.79 Å². The highest BCUT2D eigenvalue weighted by Crippen LogP contribution is 2.42. The number of amides is 6. The quantitative estimate of drug-likeness (QED) is 0.0156. The Balaban J connectivity index is 0.635. The van der Waals surface area contributed by atoms with Crippen LogP contribution in [-0.2, 0) is 82.1 Å². The van der Waals surface area contributed by atoms with E-state index in [1.807, 2.05) is 110 Å². The van der Waals surface area contributed by atoms with E-state index < -0.39 is 73.2 Å². The fourth-order valence-electron chi connectivity index (χ4n) is 14.4. The number of hydrogen-bond acceptors (Lipinski definition) is 28. The van der Waals surface area contributed by atoms with Crippen molar-refractivity contribution >= 4 is 130 Å². The number of carbonyl (C=O) groups excluding carboxylic acids is 7. The molecule has 3 aliphatic rings. The topological polar surface area (TPSA) is 381 Å². The molecule has 0 saturated carbocycles. The molecule has 0 aliphatic carbocycles. The Hall–Kier alpha value is -8.96. The first-order valence-corrected chi connectivity index (χ1v) is 47.9. The number of nitrogens with one attached hydrogen (secondary N) is 4. The number of thiophene rings is 2. The van der Waals surface area contributed by atoms with Gasteiger partial charge in [-0.3, -0.25) is 47.9 Å². The van der Waals surface area contributed by atoms with Crippen molar-refractivity contribution in [3.8, 4) is 20.4 Å². The Labute approximate surface area is 753 Å². The van der Waals surface area contributed by atoms with Crippen molar-refractivity contribution in [3.05, 3.63) is 167 Å². The Bertz CT molecular complexity index is 5240. The summed E-state index contributed by atoms with van der Waals surface area (Å²) in [5.41, 5.74) is 10.8. The molecule has 1 saturated heterocycles. The fourth-order valence-corrected chi connectivity index (χ4v) is 21.3. The smallest absolute Gasteiger partial charge is 0.433 e. The van der Waals surface area contributed by atoms with Gasteiger partial charge in [0.15, 0.2) is 20.5 Å². The maximum atomic E-state index is 15.0. The number of fused-ring (bicyclic) bond motifs is 6. The van der Waals surface area contributed by atoms with Crippen LogP contribution < -0.4 is 21.3 Å². The zero-order chi connectivity index (χ0) is 89.7. The minimum atomic E-state index is -3.51. The molecular formula is C86H109Cl2N15O17S5. The molecule has 5 aromatic heterocycles. The van der Waals surface area contributed by atoms with Gasteiger partial charge in [0, 0.05) is 95.4 Å². The van der Waals surface area contributed by atoms with Crippen molar-refractivity contribution in [2.45, 2.75) is 156 Å². The largest absolute Gasteiger partial charge is 0.508 e. The number of aliphatic imine (C=N–C) groups is 2. The third kappa shape index (κ3) is 27.1. The molecule has 1 fully saturated rings. The number of ether oxygens (including phenoxy) is 8. The second-order valence-corrected chi connectivity index (χ2v) is 40.9. The van der Waals surface area contributed by atoms with Crippen LogP contribution in [0.3, 0.4) is 0 Å². The summed E-state index contributed by atoms with van der Waals surface area (Å²) < 4.78 is 73.2. The van der Waals surface area contributed by atoms with E-state index in [1.54, 1.807) is 67.7 Å². The zero-order valence-corrected chi connectivity index (χ0v) is 77.9. The second-order valence-electron chi connectivity index (χ2n) is 32.1. The maximum absolute atomic E-state index is 15.0. The number of halogens is 2. The standard InChI is InChI=1S/C86H109Cl2N15O17S5/c1-52-49-121-82-72(52)74(59-20-24-62(87)25-21-59)93-65(78-98-96-56(5)102(78)82)45-69(105)89-28-32-113-36-40-117-42-38-115-34-30-100(31-35-116-39-43-118-41-37-114-33-29-90-70(106)46-66-79-99-97-57(6)103(79)83-73(53(2)55(4)123-83)75(94-66)60-22-26-63(88)27-23-60)71(107)15-13-14-68(104)95-77(85(7,8)9)81(109)101-48-64(120-84(110)119-50-86(10,11)124-125(12,111)112)44-67(101)80(108)91-47-58-16-18-61(19-17-58)76-54(3)92-51-122-76/h16-27,49,51,64-67,77H,13-15,28-48,50H2,1-12H3,(H,89,105)(H,90,106)(H,91,108)(H,95,104)/t64-,65+,66+,67+,77-/m1/s1. The highest BCUT2D eigenvalue weighted by molar-refractivity contribution is 8.72. The molecular weight excluding hydrogens is 1750 g/mol. The minimum absolute atomic E-state index is 0.0251. The van der Waals surface area contributed by atoms with Gasteiger partial charge in [-0.05, 0) is 130 Å². The second kappa shape index (κ2) is 45.1. The number of benzene rings is 3. The Morgan fingerprint density at radius 3 is 1.65 bits per heavy atom. The SMILES string of the molecule is Cc1csc2c1C(c1ccc(Cl)cc1)=N[C@@H](CC(=O)NCCOCCOCCOCCN(CCOCCOCCOCCNC(=O)C[C@@H]1N=C(c3ccc(Cl)cc3)c3c(sc(C)c3C)-n3c(C)nnc31)C(=O)CCCC(=O)N[C@H](C(=O)N1C[C@H](OC(=O)OCC(C)(C)SS(C)(=O)=O)C[C@H]1C(=O)NCc1ccc(-c3scnc3C)cc1)C(C)(C)C)c1nnc(C)n1-2. The third-order valence-corrected chi connectivity index (χ3v) is 27.6. The van der Waals surface area contributed by atoms with Gasteiger partial charge < -0.3 is 69.0 Å². The van der Waals surface area contributed by atoms with Crippen molar-refractivity contribution < 1.29 is 79.9 Å². The number of rotatable bonds is 45. The average Bonchev–Trinajstić information content (AvgIpc) is 1.62. The Kier molecular flexibility index (Phi) is 34.9. The molecule has 674 valence electrons. The van der Waals surface area contributed by atoms with Gasteiger partial charge in [-0.2, -0.15) is 0 Å². The van der Waals surface area contributed by atoms with E-state index in [-0.39, 0.29) is 181 Å². The molecule has 11 rings (SSSR count). The molecule has 8 aromatic rings. The Morgan fingerprint density at radius 2 is 1.13 bits per heavy atom. The number of aromatic nitrogens is 7. The lowest BCUT2D eigenvalue weighted by Gasteiger charge is -2.35. The predicted molar refractivity (Wildman–Crippen MR) is 481 cm³/mol. The van der Waals surface area contributed by atoms with E-state index in [9.17, 15) is 42.0 Å². The Morgan fingerprint density at radius 1 is 0.616 bits per heavy atom. The first-order valence-electron chi connectivity index (χ1n) is 41.3. The summed E-state index contributed by atoms with van der Waals surface area (Å²) in [6, 6.07) is 19.0. The van der Waals surface area contributed by atoms with Crippen molar-refractivity contribution in [2.75, 3.05) is 125 Å². The van der Waals surface area contributed by atoms with E-state index in [2.05, 4.69) is 65.9 Å². The molecule has 125 heavy (non-hydrogen) atoms. The summed E-state index contributed by atoms with van der Waals surface area (Å²) in [7, 11) is -2.88. The summed E-state index contributed by atoms with van der Waals surface area (Å²) >= 11 is 17.3. The van der Waals surface area contributed by atoms with Crippen LogP contribution >= 0.6 is 68.0 Å². The number of likely N-dealkylation sites (tertiary alicyclic amines) is 1. The first kappa shape index (κ1) is 96.7. The molecule has 0 spiro atoms. The monoisotopic (exact) mass is 1850 g/mol. The van der Waals surface area contributed by atoms with Gasteiger partial charge in [-0.1, -0.05) is 92.5 Å². The number of nitrogens with zero attached hydrogens (tertiary/aromatic N) is 11. The van der Waals surface area contributed by atoms with Crippen LogP contribution in [0.2, 0.25) is 10.0 Å². The summed E-state index contributed by atoms with van der Waals surface area (Å²) in [6.07, 6.45) is -1.25. The molecule has 4 N–H and O–H groups in total. The molecule has 5 atom stereocenters. The fraction of sp³-hybridized carbons (Fsp3) is 0.512. The summed E-state index contributed by atoms with van der Waals surface area (Å²) in [6.45, 7) is 23.3. The van der Waals surface area contributed by atoms with Gasteiger partial charge in [-0.25, -0.2) is 18.2 Å². The highest BCUT2D eigenvalue weighted by atomic mass is 35.5. The summed E-state index contributed by atoms with van der Waals surface area (Å²) in [5, 5.41) is 34.7. The summed E-state index contributed by atoms with van der Waals surface area (Å²) in [4.78, 5) is 117. The number of carbonyl (C=O) groups is 7. The molecule has 3 aliphatic heterocycles. The van der Waals surface area contributed by atoms with Crippen LogP contribution in [0.15, 0.2) is 93.7 Å². The maximum Gasteiger partial charge on any atom is 0.508 e. The molecule has 39 heteroatoms. The molecule has 6 amide bonds. The van der Waals surface area contributed by atoms with E-state index in [4.69, 9.17) is 71.1 Å². The lowest BCUT2D eigenvalue weighted by atomic mass is 9.85. The van der Waals surface area contributed by atoms with E-state index >= 15 is 0 Å². The third-order valence-electron chi connectivity index (χ3n) is 20.7. The molecule has 32 nitrogen and oxygen atoms in total. The van der Waals surface area contributed by atoms with E-state index in [0.717, 1.165) is 87.6 Å². The van der Waals surface area contributed by atoms with Crippen molar-refractivity contribution in [1.82, 2.24) is 65.6 Å². The predicted octanol–water partition coefficient (Wildman–Crippen LogP) is 11.3.